The second kappa shape index (κ2) is 7.17. The highest BCUT2D eigenvalue weighted by Gasteiger charge is 2.12. The van der Waals surface area contributed by atoms with Gasteiger partial charge in [0.05, 0.1) is 15.8 Å². The van der Waals surface area contributed by atoms with Crippen molar-refractivity contribution in [2.75, 3.05) is 5.32 Å². The maximum absolute atomic E-state index is 12.5. The van der Waals surface area contributed by atoms with Gasteiger partial charge < -0.3 is 5.32 Å². The topological polar surface area (TPSA) is 42.0 Å². The highest BCUT2D eigenvalue weighted by molar-refractivity contribution is 14.1. The Balaban J connectivity index is 1.62. The number of aryl methyl sites for hydroxylation is 1. The molecule has 0 aliphatic heterocycles. The molecule has 4 rings (SSSR count). The number of amides is 1. The standard InChI is InChI=1S/C21H15IN2OS/c1-13-12-14(21-24-18-8-4-5-9-19(18)26-21)10-11-17(13)23-20(25)15-6-2-3-7-16(15)22/h2-12H,1H3,(H,23,25). The van der Waals surface area contributed by atoms with Crippen molar-refractivity contribution in [1.29, 1.82) is 0 Å². The van der Waals surface area contributed by atoms with Crippen molar-refractivity contribution in [2.45, 2.75) is 6.92 Å². The zero-order chi connectivity index (χ0) is 18.1. The molecule has 0 atom stereocenters. The fraction of sp³-hybridized carbons (Fsp3) is 0.0476. The van der Waals surface area contributed by atoms with Crippen LogP contribution in [0, 0.1) is 10.5 Å². The Morgan fingerprint density at radius 1 is 1.04 bits per heavy atom. The molecule has 0 bridgehead atoms. The van der Waals surface area contributed by atoms with Crippen molar-refractivity contribution in [2.24, 2.45) is 0 Å². The van der Waals surface area contributed by atoms with E-state index in [0.29, 0.717) is 5.56 Å². The maximum Gasteiger partial charge on any atom is 0.256 e. The van der Waals surface area contributed by atoms with Gasteiger partial charge in [0.2, 0.25) is 0 Å². The van der Waals surface area contributed by atoms with Crippen LogP contribution in [0.15, 0.2) is 66.7 Å². The maximum atomic E-state index is 12.5. The zero-order valence-corrected chi connectivity index (χ0v) is 17.0. The molecule has 0 unspecified atom stereocenters. The number of hydrogen-bond acceptors (Lipinski definition) is 3. The number of nitrogens with one attached hydrogen (secondary N) is 1. The largest absolute Gasteiger partial charge is 0.322 e. The molecule has 3 nitrogen and oxygen atoms in total. The second-order valence-electron chi connectivity index (χ2n) is 5.95. The Hall–Kier alpha value is -2.25. The van der Waals surface area contributed by atoms with Gasteiger partial charge in [-0.3, -0.25) is 4.79 Å². The number of carbonyl (C=O) groups excluding carboxylic acids is 1. The van der Waals surface area contributed by atoms with E-state index in [0.717, 1.165) is 30.9 Å². The number of thiazole rings is 1. The van der Waals surface area contributed by atoms with E-state index >= 15 is 0 Å². The summed E-state index contributed by atoms with van der Waals surface area (Å²) in [6.45, 7) is 2.00. The van der Waals surface area contributed by atoms with Crippen LogP contribution in [0.3, 0.4) is 0 Å². The Labute approximate surface area is 169 Å². The zero-order valence-electron chi connectivity index (χ0n) is 14.0. The van der Waals surface area contributed by atoms with Crippen LogP contribution in [0.25, 0.3) is 20.8 Å². The minimum atomic E-state index is -0.0918. The lowest BCUT2D eigenvalue weighted by Crippen LogP contribution is -2.14. The summed E-state index contributed by atoms with van der Waals surface area (Å²) in [5.41, 5.74) is 4.60. The van der Waals surface area contributed by atoms with E-state index in [2.05, 4.69) is 40.0 Å². The third kappa shape index (κ3) is 3.37. The third-order valence-electron chi connectivity index (χ3n) is 4.13. The number of benzene rings is 3. The first-order valence-corrected chi connectivity index (χ1v) is 10.0. The van der Waals surface area contributed by atoms with Crippen molar-refractivity contribution in [3.63, 3.8) is 0 Å². The quantitative estimate of drug-likeness (QED) is 0.366. The number of carbonyl (C=O) groups is 1. The smallest absolute Gasteiger partial charge is 0.256 e. The summed E-state index contributed by atoms with van der Waals surface area (Å²) in [5, 5.41) is 4.00. The summed E-state index contributed by atoms with van der Waals surface area (Å²) in [5.74, 6) is -0.0918. The predicted molar refractivity (Wildman–Crippen MR) is 117 cm³/mol. The number of anilines is 1. The number of aromatic nitrogens is 1. The molecule has 1 amide bonds. The number of rotatable bonds is 3. The summed E-state index contributed by atoms with van der Waals surface area (Å²) in [4.78, 5) is 17.2. The van der Waals surface area contributed by atoms with Crippen LogP contribution in [-0.4, -0.2) is 10.9 Å². The molecule has 5 heteroatoms. The molecule has 4 aromatic rings. The molecule has 1 heterocycles. The van der Waals surface area contributed by atoms with Crippen LogP contribution in [-0.2, 0) is 0 Å². The van der Waals surface area contributed by atoms with Crippen LogP contribution in [0.2, 0.25) is 0 Å². The van der Waals surface area contributed by atoms with E-state index in [4.69, 9.17) is 4.98 Å². The predicted octanol–water partition coefficient (Wildman–Crippen LogP) is 6.13. The summed E-state index contributed by atoms with van der Waals surface area (Å²) in [6, 6.07) is 21.7. The first kappa shape index (κ1) is 17.2. The molecule has 3 aromatic carbocycles. The Kier molecular flexibility index (Phi) is 4.74. The molecule has 0 fully saturated rings. The molecule has 0 saturated heterocycles. The normalized spacial score (nSPS) is 10.8. The minimum Gasteiger partial charge on any atom is -0.322 e. The van der Waals surface area contributed by atoms with E-state index < -0.39 is 0 Å². The van der Waals surface area contributed by atoms with E-state index in [1.54, 1.807) is 11.3 Å². The lowest BCUT2D eigenvalue weighted by molar-refractivity contribution is 0.102. The minimum absolute atomic E-state index is 0.0918. The molecular formula is C21H15IN2OS. The lowest BCUT2D eigenvalue weighted by atomic mass is 10.1. The molecule has 1 aromatic heterocycles. The molecular weight excluding hydrogens is 455 g/mol. The van der Waals surface area contributed by atoms with Crippen LogP contribution in [0.1, 0.15) is 15.9 Å². The molecule has 0 spiro atoms. The van der Waals surface area contributed by atoms with E-state index in [9.17, 15) is 4.79 Å². The molecule has 0 aliphatic rings. The van der Waals surface area contributed by atoms with Crippen LogP contribution in [0.5, 0.6) is 0 Å². The van der Waals surface area contributed by atoms with Gasteiger partial charge in [-0.2, -0.15) is 0 Å². The molecule has 1 N–H and O–H groups in total. The summed E-state index contributed by atoms with van der Waals surface area (Å²) in [7, 11) is 0. The SMILES string of the molecule is Cc1cc(-c2nc3ccccc3s2)ccc1NC(=O)c1ccccc1I. The Morgan fingerprint density at radius 2 is 1.81 bits per heavy atom. The summed E-state index contributed by atoms with van der Waals surface area (Å²) >= 11 is 3.86. The van der Waals surface area contributed by atoms with Gasteiger partial charge in [0, 0.05) is 14.8 Å². The van der Waals surface area contributed by atoms with Gasteiger partial charge in [-0.15, -0.1) is 11.3 Å². The van der Waals surface area contributed by atoms with Gasteiger partial charge in [-0.1, -0.05) is 24.3 Å². The fourth-order valence-electron chi connectivity index (χ4n) is 2.77. The van der Waals surface area contributed by atoms with Crippen molar-refractivity contribution in [3.8, 4) is 10.6 Å². The monoisotopic (exact) mass is 470 g/mol. The number of fused-ring (bicyclic) bond motifs is 1. The van der Waals surface area contributed by atoms with Gasteiger partial charge in [0.1, 0.15) is 5.01 Å². The van der Waals surface area contributed by atoms with Crippen molar-refractivity contribution < 1.29 is 4.79 Å². The van der Waals surface area contributed by atoms with E-state index in [1.807, 2.05) is 61.5 Å². The first-order valence-electron chi connectivity index (χ1n) is 8.14. The molecule has 0 saturated carbocycles. The Morgan fingerprint density at radius 3 is 2.58 bits per heavy atom. The highest BCUT2D eigenvalue weighted by atomic mass is 127. The summed E-state index contributed by atoms with van der Waals surface area (Å²) in [6.07, 6.45) is 0. The molecule has 128 valence electrons. The average Bonchev–Trinajstić information content (AvgIpc) is 3.08. The van der Waals surface area contributed by atoms with Crippen LogP contribution >= 0.6 is 33.9 Å². The lowest BCUT2D eigenvalue weighted by Gasteiger charge is -2.10. The first-order chi connectivity index (χ1) is 12.6. The summed E-state index contributed by atoms with van der Waals surface area (Å²) < 4.78 is 2.11. The van der Waals surface area contributed by atoms with Gasteiger partial charge in [-0.25, -0.2) is 4.98 Å². The van der Waals surface area contributed by atoms with Crippen molar-refractivity contribution in [3.05, 3.63) is 81.4 Å². The van der Waals surface area contributed by atoms with Crippen LogP contribution < -0.4 is 5.32 Å². The fourth-order valence-corrected chi connectivity index (χ4v) is 4.36. The average molecular weight is 470 g/mol. The highest BCUT2D eigenvalue weighted by Crippen LogP contribution is 2.32. The second-order valence-corrected chi connectivity index (χ2v) is 8.14. The van der Waals surface area contributed by atoms with Crippen LogP contribution in [0.4, 0.5) is 5.69 Å². The number of nitrogens with zero attached hydrogens (tertiary/aromatic N) is 1. The van der Waals surface area contributed by atoms with Gasteiger partial charge in [0.25, 0.3) is 5.91 Å². The molecule has 0 aliphatic carbocycles. The number of para-hydroxylation sites is 1. The van der Waals surface area contributed by atoms with E-state index in [1.165, 1.54) is 4.70 Å². The molecule has 26 heavy (non-hydrogen) atoms. The van der Waals surface area contributed by atoms with Crippen molar-refractivity contribution in [1.82, 2.24) is 4.98 Å². The molecule has 0 radical (unpaired) electrons. The number of hydrogen-bond donors (Lipinski definition) is 1. The van der Waals surface area contributed by atoms with E-state index in [-0.39, 0.29) is 5.91 Å². The third-order valence-corrected chi connectivity index (χ3v) is 6.16. The number of halogens is 1. The van der Waals surface area contributed by atoms with Gasteiger partial charge in [-0.05, 0) is 77.5 Å². The Bertz CT molecular complexity index is 1090. The van der Waals surface area contributed by atoms with Crippen molar-refractivity contribution >= 4 is 55.7 Å². The van der Waals surface area contributed by atoms with Gasteiger partial charge >= 0.3 is 0 Å². The van der Waals surface area contributed by atoms with Gasteiger partial charge in [0.15, 0.2) is 0 Å².